The molecule has 138 valence electrons. The number of methoxy groups -OCH3 is 1. The van der Waals surface area contributed by atoms with Gasteiger partial charge in [-0.2, -0.15) is 0 Å². The molecule has 0 N–H and O–H groups in total. The van der Waals surface area contributed by atoms with Crippen LogP contribution in [0.4, 0.5) is 0 Å². The van der Waals surface area contributed by atoms with Crippen molar-refractivity contribution in [3.8, 4) is 16.8 Å². The van der Waals surface area contributed by atoms with Crippen LogP contribution in [0.5, 0.6) is 0 Å². The topological polar surface area (TPSA) is 74.1 Å². The number of ketones is 1. The first-order valence-corrected chi connectivity index (χ1v) is 9.34. The van der Waals surface area contributed by atoms with E-state index in [2.05, 4.69) is 10.3 Å². The highest BCUT2D eigenvalue weighted by Gasteiger charge is 2.19. The van der Waals surface area contributed by atoms with Crippen LogP contribution < -0.4 is 0 Å². The normalized spacial score (nSPS) is 10.6. The summed E-state index contributed by atoms with van der Waals surface area (Å²) >= 11 is 1.24. The molecule has 0 radical (unpaired) electrons. The Morgan fingerprint density at radius 2 is 1.68 bits per heavy atom. The summed E-state index contributed by atoms with van der Waals surface area (Å²) < 4.78 is 6.18. The van der Waals surface area contributed by atoms with Crippen molar-refractivity contribution in [2.75, 3.05) is 7.11 Å². The van der Waals surface area contributed by atoms with Gasteiger partial charge in [-0.3, -0.25) is 4.79 Å². The van der Waals surface area contributed by atoms with Crippen LogP contribution in [0.1, 0.15) is 25.7 Å². The van der Waals surface area contributed by atoms with Crippen LogP contribution >= 0.6 is 11.3 Å². The predicted octanol–water partition coefficient (Wildman–Crippen LogP) is 4.01. The van der Waals surface area contributed by atoms with E-state index in [1.165, 1.54) is 29.3 Å². The van der Waals surface area contributed by atoms with E-state index in [0.717, 1.165) is 11.1 Å². The molecule has 0 fully saturated rings. The Morgan fingerprint density at radius 1 is 0.964 bits per heavy atom. The molecule has 0 amide bonds. The zero-order valence-corrected chi connectivity index (χ0v) is 15.7. The van der Waals surface area contributed by atoms with E-state index in [0.29, 0.717) is 16.1 Å². The van der Waals surface area contributed by atoms with Gasteiger partial charge in [0.25, 0.3) is 0 Å². The first kappa shape index (κ1) is 17.8. The Balaban J connectivity index is 1.58. The van der Waals surface area contributed by atoms with Crippen molar-refractivity contribution >= 4 is 23.1 Å². The molecular weight excluding hydrogens is 374 g/mol. The Hall–Kier alpha value is -3.58. The number of ether oxygens (including phenoxy) is 1. The second-order valence-electron chi connectivity index (χ2n) is 5.95. The summed E-state index contributed by atoms with van der Waals surface area (Å²) in [5.74, 6) is -0.689. The Kier molecular flexibility index (Phi) is 4.82. The van der Waals surface area contributed by atoms with Gasteiger partial charge < -0.3 is 4.74 Å². The fraction of sp³-hybridized carbons (Fsp3) is 0.0476. The SMILES string of the molecule is COC(=O)c1sccc1-n1cc(C(=O)c2ccc(-c3ccccc3)cc2)nn1. The van der Waals surface area contributed by atoms with E-state index in [-0.39, 0.29) is 11.5 Å². The molecule has 0 saturated carbocycles. The Bertz CT molecular complexity index is 1130. The monoisotopic (exact) mass is 389 g/mol. The predicted molar refractivity (Wildman–Crippen MR) is 106 cm³/mol. The van der Waals surface area contributed by atoms with Gasteiger partial charge in [0.2, 0.25) is 5.78 Å². The first-order valence-electron chi connectivity index (χ1n) is 8.46. The number of nitrogens with zero attached hydrogens (tertiary/aromatic N) is 3. The van der Waals surface area contributed by atoms with E-state index < -0.39 is 5.97 Å². The van der Waals surface area contributed by atoms with Crippen LogP contribution in [0.2, 0.25) is 0 Å². The second-order valence-corrected chi connectivity index (χ2v) is 6.86. The summed E-state index contributed by atoms with van der Waals surface area (Å²) in [6, 6.07) is 19.0. The van der Waals surface area contributed by atoms with Crippen LogP contribution in [-0.2, 0) is 4.74 Å². The third-order valence-corrected chi connectivity index (χ3v) is 5.13. The van der Waals surface area contributed by atoms with Crippen molar-refractivity contribution in [3.05, 3.63) is 88.4 Å². The van der Waals surface area contributed by atoms with Gasteiger partial charge >= 0.3 is 5.97 Å². The minimum atomic E-state index is -0.454. The molecule has 28 heavy (non-hydrogen) atoms. The molecule has 6 nitrogen and oxygen atoms in total. The quantitative estimate of drug-likeness (QED) is 0.381. The summed E-state index contributed by atoms with van der Waals surface area (Å²) in [7, 11) is 1.32. The lowest BCUT2D eigenvalue weighted by molar-refractivity contribution is 0.0606. The third-order valence-electron chi connectivity index (χ3n) is 4.24. The lowest BCUT2D eigenvalue weighted by atomic mass is 10.0. The summed E-state index contributed by atoms with van der Waals surface area (Å²) in [5.41, 5.74) is 3.37. The van der Waals surface area contributed by atoms with Crippen molar-refractivity contribution in [2.24, 2.45) is 0 Å². The maximum absolute atomic E-state index is 12.7. The Labute approximate surface area is 165 Å². The smallest absolute Gasteiger partial charge is 0.350 e. The van der Waals surface area contributed by atoms with E-state index in [9.17, 15) is 9.59 Å². The highest BCUT2D eigenvalue weighted by Crippen LogP contribution is 2.23. The van der Waals surface area contributed by atoms with E-state index in [1.54, 1.807) is 23.6 Å². The van der Waals surface area contributed by atoms with Gasteiger partial charge in [0, 0.05) is 5.56 Å². The van der Waals surface area contributed by atoms with Crippen molar-refractivity contribution in [2.45, 2.75) is 0 Å². The van der Waals surface area contributed by atoms with Crippen LogP contribution in [0.25, 0.3) is 16.8 Å². The van der Waals surface area contributed by atoms with Gasteiger partial charge in [-0.05, 0) is 22.6 Å². The number of aromatic nitrogens is 3. The van der Waals surface area contributed by atoms with Gasteiger partial charge in [-0.25, -0.2) is 9.48 Å². The number of thiophene rings is 1. The molecule has 0 spiro atoms. The fourth-order valence-electron chi connectivity index (χ4n) is 2.81. The van der Waals surface area contributed by atoms with Gasteiger partial charge in [0.1, 0.15) is 4.88 Å². The Morgan fingerprint density at radius 3 is 2.39 bits per heavy atom. The van der Waals surface area contributed by atoms with E-state index in [4.69, 9.17) is 4.74 Å². The van der Waals surface area contributed by atoms with Gasteiger partial charge in [-0.1, -0.05) is 59.8 Å². The van der Waals surface area contributed by atoms with Crippen molar-refractivity contribution in [3.63, 3.8) is 0 Å². The van der Waals surface area contributed by atoms with E-state index in [1.807, 2.05) is 42.5 Å². The summed E-state index contributed by atoms with van der Waals surface area (Å²) in [5, 5.41) is 9.72. The minimum Gasteiger partial charge on any atom is -0.465 e. The number of rotatable bonds is 5. The highest BCUT2D eigenvalue weighted by molar-refractivity contribution is 7.12. The van der Waals surface area contributed by atoms with Crippen LogP contribution in [-0.4, -0.2) is 33.9 Å². The summed E-state index contributed by atoms with van der Waals surface area (Å²) in [4.78, 5) is 25.0. The van der Waals surface area contributed by atoms with Crippen molar-refractivity contribution < 1.29 is 14.3 Å². The molecular formula is C21H15N3O3S. The van der Waals surface area contributed by atoms with Gasteiger partial charge in [-0.15, -0.1) is 16.4 Å². The fourth-order valence-corrected chi connectivity index (χ4v) is 3.60. The number of benzene rings is 2. The molecule has 0 aliphatic heterocycles. The van der Waals surface area contributed by atoms with Crippen molar-refractivity contribution in [1.29, 1.82) is 0 Å². The number of hydrogen-bond acceptors (Lipinski definition) is 6. The molecule has 2 aromatic carbocycles. The standard InChI is InChI=1S/C21H15N3O3S/c1-27-21(26)20-18(11-12-28-20)24-13-17(22-23-24)19(25)16-9-7-15(8-10-16)14-5-3-2-4-6-14/h2-13H,1H3. The average Bonchev–Trinajstić information content (AvgIpc) is 3.43. The van der Waals surface area contributed by atoms with Crippen molar-refractivity contribution in [1.82, 2.24) is 15.0 Å². The molecule has 0 bridgehead atoms. The lowest BCUT2D eigenvalue weighted by Crippen LogP contribution is -2.05. The molecule has 0 atom stereocenters. The molecule has 0 unspecified atom stereocenters. The first-order chi connectivity index (χ1) is 13.7. The third kappa shape index (κ3) is 3.35. The summed E-state index contributed by atoms with van der Waals surface area (Å²) in [6.45, 7) is 0. The number of carbonyl (C=O) groups is 2. The largest absolute Gasteiger partial charge is 0.465 e. The molecule has 2 aromatic heterocycles. The molecule has 4 rings (SSSR count). The highest BCUT2D eigenvalue weighted by atomic mass is 32.1. The molecule has 7 heteroatoms. The molecule has 0 aliphatic rings. The maximum atomic E-state index is 12.7. The molecule has 0 saturated heterocycles. The molecule has 2 heterocycles. The van der Waals surface area contributed by atoms with Crippen LogP contribution in [0, 0.1) is 0 Å². The maximum Gasteiger partial charge on any atom is 0.350 e. The number of esters is 1. The average molecular weight is 389 g/mol. The van der Waals surface area contributed by atoms with Gasteiger partial charge in [0.15, 0.2) is 5.69 Å². The number of hydrogen-bond donors (Lipinski definition) is 0. The van der Waals surface area contributed by atoms with Crippen LogP contribution in [0.3, 0.4) is 0 Å². The number of carbonyl (C=O) groups excluding carboxylic acids is 2. The lowest BCUT2D eigenvalue weighted by Gasteiger charge is -2.03. The molecule has 0 aliphatic carbocycles. The zero-order valence-electron chi connectivity index (χ0n) is 14.9. The summed E-state index contributed by atoms with van der Waals surface area (Å²) in [6.07, 6.45) is 1.52. The van der Waals surface area contributed by atoms with E-state index >= 15 is 0 Å². The minimum absolute atomic E-state index is 0.203. The van der Waals surface area contributed by atoms with Crippen LogP contribution in [0.15, 0.2) is 72.2 Å². The zero-order chi connectivity index (χ0) is 19.5. The van der Waals surface area contributed by atoms with Gasteiger partial charge in [0.05, 0.1) is 19.0 Å². The molecule has 4 aromatic rings. The second kappa shape index (κ2) is 7.58.